The third kappa shape index (κ3) is 5.33. The lowest BCUT2D eigenvalue weighted by Gasteiger charge is -2.14. The fourth-order valence-corrected chi connectivity index (χ4v) is 2.02. The number of alkyl halides is 3. The quantitative estimate of drug-likeness (QED) is 0.806. The fourth-order valence-electron chi connectivity index (χ4n) is 2.02. The minimum Gasteiger partial charge on any atom is -0.421 e. The second-order valence-electron chi connectivity index (χ2n) is 5.38. The Morgan fingerprint density at radius 3 is 2.60 bits per heavy atom. The number of hydrogen-bond acceptors (Lipinski definition) is 4. The summed E-state index contributed by atoms with van der Waals surface area (Å²) in [5.41, 5.74) is -0.554. The highest BCUT2D eigenvalue weighted by atomic mass is 19.4. The summed E-state index contributed by atoms with van der Waals surface area (Å²) in [5, 5.41) is 5.03. The first-order chi connectivity index (χ1) is 11.7. The maximum atomic E-state index is 12.1. The molecule has 0 fully saturated rings. The number of fused-ring (bicyclic) bond motifs is 1. The summed E-state index contributed by atoms with van der Waals surface area (Å²) in [7, 11) is 0. The van der Waals surface area contributed by atoms with E-state index in [-0.39, 0.29) is 5.69 Å². The zero-order valence-electron chi connectivity index (χ0n) is 13.1. The van der Waals surface area contributed by atoms with E-state index >= 15 is 0 Å². The molecule has 0 bridgehead atoms. The maximum absolute atomic E-state index is 12.1. The molecule has 25 heavy (non-hydrogen) atoms. The van der Waals surface area contributed by atoms with Crippen molar-refractivity contribution in [2.75, 3.05) is 5.32 Å². The molecule has 0 saturated carbocycles. The number of benzene rings is 1. The van der Waals surface area contributed by atoms with Crippen molar-refractivity contribution >= 4 is 28.5 Å². The number of rotatable bonds is 5. The minimum absolute atomic E-state index is 0.125. The molecular weight excluding hydrogens is 341 g/mol. The SMILES string of the molecule is C[C@H](NC(=O)CCC(F)(F)F)C(=O)Nc1cc2ccccc2oc1=O. The largest absolute Gasteiger partial charge is 0.421 e. The van der Waals surface area contributed by atoms with Gasteiger partial charge in [-0.3, -0.25) is 9.59 Å². The molecule has 2 rings (SSSR count). The average molecular weight is 356 g/mol. The summed E-state index contributed by atoms with van der Waals surface area (Å²) in [6.07, 6.45) is -6.51. The van der Waals surface area contributed by atoms with Crippen LogP contribution in [0.15, 0.2) is 39.5 Å². The molecule has 0 radical (unpaired) electrons. The van der Waals surface area contributed by atoms with E-state index in [1.165, 1.54) is 13.0 Å². The van der Waals surface area contributed by atoms with Crippen LogP contribution in [0.4, 0.5) is 18.9 Å². The van der Waals surface area contributed by atoms with Gasteiger partial charge in [0.05, 0.1) is 6.42 Å². The Morgan fingerprint density at radius 2 is 1.92 bits per heavy atom. The number of amides is 2. The van der Waals surface area contributed by atoms with Crippen LogP contribution in [0.25, 0.3) is 11.0 Å². The van der Waals surface area contributed by atoms with Gasteiger partial charge in [-0.2, -0.15) is 13.2 Å². The molecule has 0 saturated heterocycles. The number of para-hydroxylation sites is 1. The predicted octanol–water partition coefficient (Wildman–Crippen LogP) is 2.58. The molecule has 2 N–H and O–H groups in total. The minimum atomic E-state index is -4.45. The van der Waals surface area contributed by atoms with E-state index in [9.17, 15) is 27.6 Å². The molecule has 134 valence electrons. The molecule has 1 aromatic carbocycles. The first-order valence-electron chi connectivity index (χ1n) is 7.35. The molecule has 0 spiro atoms. The van der Waals surface area contributed by atoms with Crippen LogP contribution in [0.1, 0.15) is 19.8 Å². The molecule has 0 unspecified atom stereocenters. The zero-order chi connectivity index (χ0) is 18.6. The normalized spacial score (nSPS) is 12.6. The summed E-state index contributed by atoms with van der Waals surface area (Å²) in [5.74, 6) is -1.66. The third-order valence-corrected chi connectivity index (χ3v) is 3.31. The zero-order valence-corrected chi connectivity index (χ0v) is 13.1. The van der Waals surface area contributed by atoms with Crippen molar-refractivity contribution in [2.45, 2.75) is 32.0 Å². The van der Waals surface area contributed by atoms with E-state index in [1.807, 2.05) is 0 Å². The van der Waals surface area contributed by atoms with E-state index in [0.717, 1.165) is 0 Å². The van der Waals surface area contributed by atoms with Gasteiger partial charge in [0, 0.05) is 11.8 Å². The Bertz CT molecular complexity index is 845. The molecule has 1 aromatic heterocycles. The van der Waals surface area contributed by atoms with Gasteiger partial charge in [0.2, 0.25) is 11.8 Å². The van der Waals surface area contributed by atoms with Crippen LogP contribution in [-0.4, -0.2) is 24.0 Å². The van der Waals surface area contributed by atoms with Crippen LogP contribution in [0, 0.1) is 0 Å². The Balaban J connectivity index is 2.00. The Morgan fingerprint density at radius 1 is 1.24 bits per heavy atom. The van der Waals surface area contributed by atoms with Crippen molar-refractivity contribution in [1.82, 2.24) is 5.32 Å². The highest BCUT2D eigenvalue weighted by Gasteiger charge is 2.28. The molecule has 0 aliphatic heterocycles. The van der Waals surface area contributed by atoms with Crippen molar-refractivity contribution in [1.29, 1.82) is 0 Å². The number of carbonyl (C=O) groups is 2. The van der Waals surface area contributed by atoms with Crippen molar-refractivity contribution < 1.29 is 27.2 Å². The van der Waals surface area contributed by atoms with Crippen molar-refractivity contribution in [2.24, 2.45) is 0 Å². The van der Waals surface area contributed by atoms with Crippen LogP contribution in [-0.2, 0) is 9.59 Å². The third-order valence-electron chi connectivity index (χ3n) is 3.31. The summed E-state index contributed by atoms with van der Waals surface area (Å²) in [4.78, 5) is 35.3. The van der Waals surface area contributed by atoms with Crippen LogP contribution < -0.4 is 16.3 Å². The first-order valence-corrected chi connectivity index (χ1v) is 7.35. The van der Waals surface area contributed by atoms with Gasteiger partial charge in [-0.25, -0.2) is 4.79 Å². The Kier molecular flexibility index (Phi) is 5.45. The van der Waals surface area contributed by atoms with Gasteiger partial charge in [0.25, 0.3) is 0 Å². The van der Waals surface area contributed by atoms with Gasteiger partial charge in [0.1, 0.15) is 17.3 Å². The predicted molar refractivity (Wildman–Crippen MR) is 84.0 cm³/mol. The van der Waals surface area contributed by atoms with E-state index in [2.05, 4.69) is 10.6 Å². The second-order valence-corrected chi connectivity index (χ2v) is 5.38. The molecule has 6 nitrogen and oxygen atoms in total. The lowest BCUT2D eigenvalue weighted by atomic mass is 10.2. The van der Waals surface area contributed by atoms with Gasteiger partial charge in [0.15, 0.2) is 0 Å². The molecule has 2 aromatic rings. The summed E-state index contributed by atoms with van der Waals surface area (Å²) < 4.78 is 41.2. The number of anilines is 1. The fraction of sp³-hybridized carbons (Fsp3) is 0.312. The van der Waals surface area contributed by atoms with Gasteiger partial charge in [-0.15, -0.1) is 0 Å². The number of nitrogens with one attached hydrogen (secondary N) is 2. The lowest BCUT2D eigenvalue weighted by Crippen LogP contribution is -2.42. The molecule has 0 aliphatic carbocycles. The highest BCUT2D eigenvalue weighted by Crippen LogP contribution is 2.21. The van der Waals surface area contributed by atoms with Gasteiger partial charge < -0.3 is 15.1 Å². The van der Waals surface area contributed by atoms with Crippen LogP contribution >= 0.6 is 0 Å². The topological polar surface area (TPSA) is 88.4 Å². The number of hydrogen-bond donors (Lipinski definition) is 2. The second kappa shape index (κ2) is 7.37. The standard InChI is InChI=1S/C16H15F3N2O4/c1-9(20-13(22)6-7-16(17,18)19)14(23)21-11-8-10-4-2-3-5-12(10)25-15(11)24/h2-5,8-9H,6-7H2,1H3,(H,20,22)(H,21,23)/t9-/m0/s1. The van der Waals surface area contributed by atoms with Gasteiger partial charge >= 0.3 is 11.8 Å². The first kappa shape index (κ1) is 18.5. The van der Waals surface area contributed by atoms with Crippen molar-refractivity contribution in [3.05, 3.63) is 40.8 Å². The van der Waals surface area contributed by atoms with E-state index in [4.69, 9.17) is 4.42 Å². The molecule has 9 heteroatoms. The van der Waals surface area contributed by atoms with Crippen molar-refractivity contribution in [3.63, 3.8) is 0 Å². The van der Waals surface area contributed by atoms with Gasteiger partial charge in [-0.05, 0) is 19.1 Å². The summed E-state index contributed by atoms with van der Waals surface area (Å²) >= 11 is 0. The Labute approximate surface area is 140 Å². The summed E-state index contributed by atoms with van der Waals surface area (Å²) in [6, 6.07) is 6.96. The van der Waals surface area contributed by atoms with E-state index < -0.39 is 42.5 Å². The molecule has 1 atom stereocenters. The van der Waals surface area contributed by atoms with Gasteiger partial charge in [-0.1, -0.05) is 18.2 Å². The summed E-state index contributed by atoms with van der Waals surface area (Å²) in [6.45, 7) is 1.30. The monoisotopic (exact) mass is 356 g/mol. The number of carbonyl (C=O) groups excluding carboxylic acids is 2. The maximum Gasteiger partial charge on any atom is 0.389 e. The van der Waals surface area contributed by atoms with Crippen molar-refractivity contribution in [3.8, 4) is 0 Å². The van der Waals surface area contributed by atoms with E-state index in [0.29, 0.717) is 11.0 Å². The smallest absolute Gasteiger partial charge is 0.389 e. The number of halogens is 3. The lowest BCUT2D eigenvalue weighted by molar-refractivity contribution is -0.144. The van der Waals surface area contributed by atoms with Crippen LogP contribution in [0.3, 0.4) is 0 Å². The van der Waals surface area contributed by atoms with E-state index in [1.54, 1.807) is 24.3 Å². The molecule has 1 heterocycles. The average Bonchev–Trinajstić information content (AvgIpc) is 2.53. The van der Waals surface area contributed by atoms with Crippen LogP contribution in [0.2, 0.25) is 0 Å². The molecule has 0 aliphatic rings. The highest BCUT2D eigenvalue weighted by molar-refractivity contribution is 5.97. The van der Waals surface area contributed by atoms with Crippen LogP contribution in [0.5, 0.6) is 0 Å². The molecular formula is C16H15F3N2O4. The molecule has 2 amide bonds. The Hall–Kier alpha value is -2.84.